The van der Waals surface area contributed by atoms with Crippen LogP contribution in [-0.2, 0) is 14.9 Å². The number of carbonyl (C=O) groups excluding carboxylic acids is 1. The van der Waals surface area contributed by atoms with Crippen molar-refractivity contribution in [1.82, 2.24) is 5.32 Å². The van der Waals surface area contributed by atoms with Gasteiger partial charge in [-0.1, -0.05) is 6.58 Å². The summed E-state index contributed by atoms with van der Waals surface area (Å²) >= 11 is 0. The van der Waals surface area contributed by atoms with Crippen LogP contribution in [-0.4, -0.2) is 18.9 Å². The summed E-state index contributed by atoms with van der Waals surface area (Å²) in [6.07, 6.45) is 4.59. The Morgan fingerprint density at radius 2 is 2.00 bits per heavy atom. The van der Waals surface area contributed by atoms with Gasteiger partial charge in [-0.15, -0.1) is 0 Å². The highest BCUT2D eigenvalue weighted by Gasteiger charge is 1.91. The van der Waals surface area contributed by atoms with E-state index in [0.29, 0.717) is 5.41 Å². The highest BCUT2D eigenvalue weighted by atomic mass is 32.2. The van der Waals surface area contributed by atoms with Crippen molar-refractivity contribution in [1.29, 1.82) is 0 Å². The van der Waals surface area contributed by atoms with Crippen molar-refractivity contribution in [3.63, 3.8) is 0 Å². The highest BCUT2D eigenvalue weighted by molar-refractivity contribution is 7.88. The van der Waals surface area contributed by atoms with Gasteiger partial charge < -0.3 is 5.32 Å². The Morgan fingerprint density at radius 1 is 1.38 bits per heavy atom. The first-order valence-corrected chi connectivity index (χ1v) is 4.69. The minimum atomic E-state index is -4.10. The Hall–Kier alpha value is -1.40. The molecule has 0 saturated heterocycles. The van der Waals surface area contributed by atoms with Crippen LogP contribution in [0.3, 0.4) is 0 Å². The summed E-state index contributed by atoms with van der Waals surface area (Å²) in [5.74, 6) is -0.406. The second-order valence-corrected chi connectivity index (χ2v) is 3.22. The van der Waals surface area contributed by atoms with Gasteiger partial charge in [0.2, 0.25) is 5.91 Å². The molecule has 0 fully saturated rings. The quantitative estimate of drug-likeness (QED) is 0.388. The van der Waals surface area contributed by atoms with E-state index in [1.165, 1.54) is 12.3 Å². The third-order valence-electron chi connectivity index (χ3n) is 0.869. The molecule has 0 unspecified atom stereocenters. The lowest BCUT2D eigenvalue weighted by Gasteiger charge is -1.88. The maximum Gasteiger partial charge on any atom is 0.287 e. The first-order chi connectivity index (χ1) is 5.95. The SMILES string of the molecule is C=CC(=O)NC=CC=CS(=O)(=O)O. The molecule has 0 bridgehead atoms. The van der Waals surface area contributed by atoms with Gasteiger partial charge in [0.15, 0.2) is 0 Å². The number of carbonyl (C=O) groups is 1. The van der Waals surface area contributed by atoms with Gasteiger partial charge >= 0.3 is 0 Å². The Morgan fingerprint density at radius 3 is 2.46 bits per heavy atom. The van der Waals surface area contributed by atoms with Gasteiger partial charge in [-0.2, -0.15) is 8.42 Å². The molecule has 5 nitrogen and oxygen atoms in total. The molecule has 0 aliphatic heterocycles. The molecule has 0 heterocycles. The summed E-state index contributed by atoms with van der Waals surface area (Å²) in [5.41, 5.74) is 0. The number of rotatable bonds is 4. The van der Waals surface area contributed by atoms with E-state index in [9.17, 15) is 13.2 Å². The molecule has 13 heavy (non-hydrogen) atoms. The van der Waals surface area contributed by atoms with E-state index in [0.717, 1.165) is 12.2 Å². The Balaban J connectivity index is 3.97. The Labute approximate surface area is 76.2 Å². The molecular weight excluding hydrogens is 194 g/mol. The van der Waals surface area contributed by atoms with Gasteiger partial charge in [0.1, 0.15) is 0 Å². The molecule has 0 radical (unpaired) electrons. The number of nitrogens with one attached hydrogen (secondary N) is 1. The zero-order valence-corrected chi connectivity index (χ0v) is 7.49. The van der Waals surface area contributed by atoms with Gasteiger partial charge in [-0.25, -0.2) is 0 Å². The minimum Gasteiger partial charge on any atom is -0.329 e. The molecule has 0 aliphatic carbocycles. The second-order valence-electron chi connectivity index (χ2n) is 1.92. The molecule has 0 aromatic carbocycles. The fourth-order valence-electron chi connectivity index (χ4n) is 0.389. The van der Waals surface area contributed by atoms with E-state index in [4.69, 9.17) is 4.55 Å². The Bertz CT molecular complexity index is 340. The molecule has 2 N–H and O–H groups in total. The standard InChI is InChI=1S/C7H9NO4S/c1-2-7(9)8-5-3-4-6-13(10,11)12/h2-6H,1H2,(H,8,9)(H,10,11,12). The molecule has 6 heteroatoms. The number of hydrogen-bond acceptors (Lipinski definition) is 3. The van der Waals surface area contributed by atoms with Crippen molar-refractivity contribution in [2.45, 2.75) is 0 Å². The van der Waals surface area contributed by atoms with Crippen LogP contribution in [0.1, 0.15) is 0 Å². The normalized spacial score (nSPS) is 12.1. The average Bonchev–Trinajstić information content (AvgIpc) is 2.01. The first-order valence-electron chi connectivity index (χ1n) is 3.19. The summed E-state index contributed by atoms with van der Waals surface area (Å²) in [6.45, 7) is 3.20. The number of hydrogen-bond donors (Lipinski definition) is 2. The van der Waals surface area contributed by atoms with Crippen molar-refractivity contribution in [2.24, 2.45) is 0 Å². The second kappa shape index (κ2) is 5.28. The molecule has 0 aliphatic rings. The van der Waals surface area contributed by atoms with E-state index in [1.54, 1.807) is 0 Å². The molecule has 0 atom stereocenters. The van der Waals surface area contributed by atoms with E-state index >= 15 is 0 Å². The van der Waals surface area contributed by atoms with Crippen LogP contribution in [0.15, 0.2) is 36.4 Å². The summed E-state index contributed by atoms with van der Waals surface area (Å²) in [6, 6.07) is 0. The lowest BCUT2D eigenvalue weighted by molar-refractivity contribution is -0.115. The van der Waals surface area contributed by atoms with Crippen LogP contribution in [0.4, 0.5) is 0 Å². The lowest BCUT2D eigenvalue weighted by atomic mass is 10.5. The average molecular weight is 203 g/mol. The van der Waals surface area contributed by atoms with Crippen molar-refractivity contribution in [2.75, 3.05) is 0 Å². The predicted molar refractivity (Wildman–Crippen MR) is 48.2 cm³/mol. The summed E-state index contributed by atoms with van der Waals surface area (Å²) in [7, 11) is -4.10. The van der Waals surface area contributed by atoms with Crippen LogP contribution < -0.4 is 5.32 Å². The van der Waals surface area contributed by atoms with E-state index in [-0.39, 0.29) is 0 Å². The predicted octanol–water partition coefficient (Wildman–Crippen LogP) is 0.204. The topological polar surface area (TPSA) is 83.5 Å². The molecule has 1 amide bonds. The summed E-state index contributed by atoms with van der Waals surface area (Å²) in [5, 5.41) is 2.84. The molecule has 0 spiro atoms. The minimum absolute atomic E-state index is 0.406. The van der Waals surface area contributed by atoms with E-state index in [2.05, 4.69) is 11.9 Å². The van der Waals surface area contributed by atoms with E-state index in [1.807, 2.05) is 0 Å². The smallest absolute Gasteiger partial charge is 0.287 e. The van der Waals surface area contributed by atoms with Gasteiger partial charge in [-0.05, 0) is 18.2 Å². The van der Waals surface area contributed by atoms with Gasteiger partial charge in [0, 0.05) is 6.20 Å². The van der Waals surface area contributed by atoms with Crippen molar-refractivity contribution >= 4 is 16.0 Å². The lowest BCUT2D eigenvalue weighted by Crippen LogP contribution is -2.12. The largest absolute Gasteiger partial charge is 0.329 e. The summed E-state index contributed by atoms with van der Waals surface area (Å²) < 4.78 is 28.5. The van der Waals surface area contributed by atoms with Crippen LogP contribution in [0.25, 0.3) is 0 Å². The molecular formula is C7H9NO4S. The zero-order chi connectivity index (χ0) is 10.3. The van der Waals surface area contributed by atoms with Crippen molar-refractivity contribution in [3.05, 3.63) is 36.4 Å². The number of allylic oxidation sites excluding steroid dienone is 2. The third-order valence-corrected chi connectivity index (χ3v) is 1.37. The molecule has 72 valence electrons. The Kier molecular flexibility index (Phi) is 4.71. The third kappa shape index (κ3) is 8.51. The van der Waals surface area contributed by atoms with E-state index < -0.39 is 16.0 Å². The van der Waals surface area contributed by atoms with Crippen molar-refractivity contribution in [3.8, 4) is 0 Å². The highest BCUT2D eigenvalue weighted by Crippen LogP contribution is 1.84. The van der Waals surface area contributed by atoms with Crippen LogP contribution in [0, 0.1) is 0 Å². The van der Waals surface area contributed by atoms with Crippen molar-refractivity contribution < 1.29 is 17.8 Å². The monoisotopic (exact) mass is 203 g/mol. The molecule has 0 aromatic heterocycles. The first kappa shape index (κ1) is 11.6. The van der Waals surface area contributed by atoms with Crippen LogP contribution >= 0.6 is 0 Å². The molecule has 0 rings (SSSR count). The number of amides is 1. The maximum absolute atomic E-state index is 10.5. The summed E-state index contributed by atoms with van der Waals surface area (Å²) in [4.78, 5) is 10.5. The fraction of sp³-hybridized carbons (Fsp3) is 0. The van der Waals surface area contributed by atoms with Gasteiger partial charge in [0.25, 0.3) is 10.1 Å². The molecule has 0 saturated carbocycles. The van der Waals surface area contributed by atoms with Gasteiger partial charge in [0.05, 0.1) is 5.41 Å². The van der Waals surface area contributed by atoms with Crippen LogP contribution in [0.2, 0.25) is 0 Å². The molecule has 0 aromatic rings. The van der Waals surface area contributed by atoms with Crippen LogP contribution in [0.5, 0.6) is 0 Å². The zero-order valence-electron chi connectivity index (χ0n) is 6.67. The van der Waals surface area contributed by atoms with Gasteiger partial charge in [-0.3, -0.25) is 9.35 Å². The fourth-order valence-corrected chi connectivity index (χ4v) is 0.679. The maximum atomic E-state index is 10.5.